The third-order valence-corrected chi connectivity index (χ3v) is 5.35. The van der Waals surface area contributed by atoms with Crippen molar-refractivity contribution in [1.29, 1.82) is 0 Å². The number of esters is 1. The van der Waals surface area contributed by atoms with Crippen molar-refractivity contribution in [3.63, 3.8) is 0 Å². The summed E-state index contributed by atoms with van der Waals surface area (Å²) in [6.07, 6.45) is 1.17. The summed E-state index contributed by atoms with van der Waals surface area (Å²) in [5.74, 6) is -4.88. The lowest BCUT2D eigenvalue weighted by atomic mass is 9.87. The zero-order chi connectivity index (χ0) is 23.4. The van der Waals surface area contributed by atoms with E-state index in [1.54, 1.807) is 0 Å². The number of carbonyl (C=O) groups is 3. The van der Waals surface area contributed by atoms with Crippen LogP contribution in [0.1, 0.15) is 36.2 Å². The molecule has 11 nitrogen and oxygen atoms in total. The number of anilines is 1. The van der Waals surface area contributed by atoms with Crippen LogP contribution in [-0.2, 0) is 14.3 Å². The van der Waals surface area contributed by atoms with Crippen molar-refractivity contribution >= 4 is 29.0 Å². The number of nitrogens with zero attached hydrogens (tertiary/aromatic N) is 4. The van der Waals surface area contributed by atoms with E-state index in [9.17, 15) is 29.3 Å². The maximum atomic E-state index is 15.6. The van der Waals surface area contributed by atoms with Crippen molar-refractivity contribution in [2.24, 2.45) is 0 Å². The smallest absolute Gasteiger partial charge is 0.362 e. The Balaban J connectivity index is 2.03. The number of alkyl halides is 1. The average Bonchev–Trinajstić information content (AvgIpc) is 3.61. The highest BCUT2D eigenvalue weighted by Crippen LogP contribution is 2.41. The van der Waals surface area contributed by atoms with Crippen molar-refractivity contribution in [2.75, 3.05) is 18.6 Å². The number of ketones is 1. The molecule has 2 aromatic rings. The van der Waals surface area contributed by atoms with Crippen molar-refractivity contribution in [3.8, 4) is 11.3 Å². The highest BCUT2D eigenvalue weighted by molar-refractivity contribution is 6.37. The third-order valence-electron chi connectivity index (χ3n) is 5.35. The highest BCUT2D eigenvalue weighted by Gasteiger charge is 2.62. The van der Waals surface area contributed by atoms with Gasteiger partial charge in [0.05, 0.1) is 23.3 Å². The topological polar surface area (TPSA) is 142 Å². The minimum Gasteiger partial charge on any atom is -0.463 e. The molecular formula is C20H17FN4O7. The van der Waals surface area contributed by atoms with Crippen LogP contribution >= 0.6 is 0 Å². The SMILES string of the molecule is CCOC(=O)C1(F)C(=O)c2c(c(-c3cccc([N+](=O)[O-])c3)nn(C3CC3)c2=O)N(C)C1=O. The molecule has 0 spiro atoms. The number of hydrogen-bond acceptors (Lipinski definition) is 8. The van der Waals surface area contributed by atoms with Crippen LogP contribution in [0.4, 0.5) is 15.8 Å². The number of non-ortho nitro benzene ring substituents is 1. The average molecular weight is 444 g/mol. The molecule has 0 bridgehead atoms. The van der Waals surface area contributed by atoms with Gasteiger partial charge in [0.2, 0.25) is 5.78 Å². The summed E-state index contributed by atoms with van der Waals surface area (Å²) in [5.41, 5.74) is -5.97. The number of Topliss-reactive ketones (excluding diaryl/α,β-unsaturated/α-hetero) is 1. The number of halogens is 1. The molecule has 0 saturated heterocycles. The molecule has 1 amide bonds. The summed E-state index contributed by atoms with van der Waals surface area (Å²) < 4.78 is 21.2. The van der Waals surface area contributed by atoms with Crippen molar-refractivity contribution in [2.45, 2.75) is 31.5 Å². The van der Waals surface area contributed by atoms with Crippen molar-refractivity contribution in [3.05, 3.63) is 50.3 Å². The fraction of sp³-hybridized carbons (Fsp3) is 0.350. The molecule has 1 aromatic heterocycles. The van der Waals surface area contributed by atoms with E-state index in [0.717, 1.165) is 17.8 Å². The lowest BCUT2D eigenvalue weighted by Gasteiger charge is -2.33. The Kier molecular flexibility index (Phi) is 4.87. The molecule has 0 radical (unpaired) electrons. The van der Waals surface area contributed by atoms with E-state index in [-0.39, 0.29) is 35.3 Å². The number of nitro groups is 1. The Morgan fingerprint density at radius 1 is 1.34 bits per heavy atom. The molecule has 1 atom stereocenters. The van der Waals surface area contributed by atoms with E-state index >= 15 is 4.39 Å². The summed E-state index contributed by atoms with van der Waals surface area (Å²) in [7, 11) is 1.09. The first-order chi connectivity index (χ1) is 15.1. The quantitative estimate of drug-likeness (QED) is 0.293. The number of nitro benzene ring substituents is 1. The van der Waals surface area contributed by atoms with Crippen molar-refractivity contribution in [1.82, 2.24) is 9.78 Å². The van der Waals surface area contributed by atoms with Gasteiger partial charge in [-0.25, -0.2) is 13.9 Å². The predicted molar refractivity (Wildman–Crippen MR) is 107 cm³/mol. The maximum Gasteiger partial charge on any atom is 0.362 e. The maximum absolute atomic E-state index is 15.6. The molecule has 1 aliphatic heterocycles. The highest BCUT2D eigenvalue weighted by atomic mass is 19.1. The second-order valence-electron chi connectivity index (χ2n) is 7.43. The minimum absolute atomic E-state index is 0.0923. The standard InChI is InChI=1S/C20H17FN4O7/c1-3-32-19(29)20(21)16(26)13-15(23(2)18(20)28)14(22-24(17(13)27)11-7-8-11)10-5-4-6-12(9-10)25(30)31/h4-6,9,11H,3,7-8H2,1-2H3. The number of amides is 1. The zero-order valence-electron chi connectivity index (χ0n) is 17.0. The monoisotopic (exact) mass is 444 g/mol. The minimum atomic E-state index is -3.72. The van der Waals surface area contributed by atoms with E-state index < -0.39 is 39.4 Å². The Morgan fingerprint density at radius 3 is 2.62 bits per heavy atom. The van der Waals surface area contributed by atoms with Crippen LogP contribution in [0, 0.1) is 10.1 Å². The van der Waals surface area contributed by atoms with Gasteiger partial charge in [-0.1, -0.05) is 12.1 Å². The number of hydrogen-bond donors (Lipinski definition) is 0. The molecular weight excluding hydrogens is 427 g/mol. The van der Waals surface area contributed by atoms with Crippen LogP contribution in [0.5, 0.6) is 0 Å². The van der Waals surface area contributed by atoms with Gasteiger partial charge in [-0.15, -0.1) is 0 Å². The van der Waals surface area contributed by atoms with Crippen LogP contribution in [0.2, 0.25) is 0 Å². The van der Waals surface area contributed by atoms with E-state index in [4.69, 9.17) is 0 Å². The molecule has 12 heteroatoms. The van der Waals surface area contributed by atoms with Gasteiger partial charge in [-0.3, -0.25) is 24.5 Å². The number of aromatic nitrogens is 2. The fourth-order valence-electron chi connectivity index (χ4n) is 3.61. The van der Waals surface area contributed by atoms with Gasteiger partial charge in [-0.05, 0) is 19.8 Å². The van der Waals surface area contributed by atoms with E-state index in [0.29, 0.717) is 17.7 Å². The molecule has 1 saturated carbocycles. The third kappa shape index (κ3) is 2.98. The Labute approximate surface area is 179 Å². The van der Waals surface area contributed by atoms with Crippen LogP contribution in [0.3, 0.4) is 0 Å². The Hall–Kier alpha value is -3.96. The number of rotatable bonds is 5. The lowest BCUT2D eigenvalue weighted by molar-refractivity contribution is -0.384. The van der Waals surface area contributed by atoms with Crippen LogP contribution in [0.25, 0.3) is 11.3 Å². The summed E-state index contributed by atoms with van der Waals surface area (Å²) in [5, 5.41) is 15.5. The summed E-state index contributed by atoms with van der Waals surface area (Å²) in [4.78, 5) is 62.5. The van der Waals surface area contributed by atoms with Crippen molar-refractivity contribution < 1.29 is 28.4 Å². The normalized spacial score (nSPS) is 20.2. The van der Waals surface area contributed by atoms with E-state index in [2.05, 4.69) is 9.84 Å². The van der Waals surface area contributed by atoms with Crippen LogP contribution < -0.4 is 10.5 Å². The summed E-state index contributed by atoms with van der Waals surface area (Å²) >= 11 is 0. The largest absolute Gasteiger partial charge is 0.463 e. The Bertz CT molecular complexity index is 1250. The second kappa shape index (κ2) is 7.32. The van der Waals surface area contributed by atoms with Gasteiger partial charge in [0, 0.05) is 24.7 Å². The lowest BCUT2D eigenvalue weighted by Crippen LogP contribution is -2.61. The molecule has 32 heavy (non-hydrogen) atoms. The number of carbonyl (C=O) groups excluding carboxylic acids is 3. The van der Waals surface area contributed by atoms with E-state index in [1.807, 2.05) is 0 Å². The molecule has 2 aliphatic rings. The molecule has 166 valence electrons. The molecule has 1 aliphatic carbocycles. The number of benzene rings is 1. The molecule has 1 fully saturated rings. The predicted octanol–water partition coefficient (Wildman–Crippen LogP) is 1.58. The van der Waals surface area contributed by atoms with Gasteiger partial charge in [0.25, 0.3) is 17.2 Å². The Morgan fingerprint density at radius 2 is 2.03 bits per heavy atom. The molecule has 2 heterocycles. The van der Waals surface area contributed by atoms with Gasteiger partial charge in [0.15, 0.2) is 0 Å². The first-order valence-corrected chi connectivity index (χ1v) is 9.73. The summed E-state index contributed by atoms with van der Waals surface area (Å²) in [6, 6.07) is 4.87. The fourth-order valence-corrected chi connectivity index (χ4v) is 3.61. The first-order valence-electron chi connectivity index (χ1n) is 9.73. The molecule has 1 aromatic carbocycles. The first kappa shape index (κ1) is 21.3. The van der Waals surface area contributed by atoms with Crippen LogP contribution in [0.15, 0.2) is 29.1 Å². The second-order valence-corrected chi connectivity index (χ2v) is 7.43. The van der Waals surface area contributed by atoms with E-state index in [1.165, 1.54) is 25.1 Å². The van der Waals surface area contributed by atoms with Gasteiger partial charge >= 0.3 is 11.6 Å². The summed E-state index contributed by atoms with van der Waals surface area (Å²) in [6.45, 7) is 1.09. The van der Waals surface area contributed by atoms with Gasteiger partial charge < -0.3 is 9.64 Å². The van der Waals surface area contributed by atoms with Gasteiger partial charge in [0.1, 0.15) is 11.3 Å². The molecule has 1 unspecified atom stereocenters. The molecule has 0 N–H and O–H groups in total. The van der Waals surface area contributed by atoms with Gasteiger partial charge in [-0.2, -0.15) is 5.10 Å². The molecule has 4 rings (SSSR count). The number of ether oxygens (including phenoxy) is 1. The zero-order valence-corrected chi connectivity index (χ0v) is 17.0. The number of fused-ring (bicyclic) bond motifs is 1. The van der Waals surface area contributed by atoms with Crippen LogP contribution in [-0.4, -0.2) is 51.7 Å².